The third-order valence-electron chi connectivity index (χ3n) is 4.40. The second-order valence-corrected chi connectivity index (χ2v) is 6.41. The predicted octanol–water partition coefficient (Wildman–Crippen LogP) is 2.78. The summed E-state index contributed by atoms with van der Waals surface area (Å²) >= 11 is 0. The third kappa shape index (κ3) is 3.57. The van der Waals surface area contributed by atoms with Crippen LogP contribution in [0.25, 0.3) is 16.6 Å². The minimum absolute atomic E-state index is 0.180. The summed E-state index contributed by atoms with van der Waals surface area (Å²) in [7, 11) is 0. The van der Waals surface area contributed by atoms with Crippen molar-refractivity contribution in [2.45, 2.75) is 13.0 Å². The molecule has 1 aromatic carbocycles. The molecule has 4 rings (SSSR count). The molecule has 3 aromatic heterocycles. The Balaban J connectivity index is 1.72. The van der Waals surface area contributed by atoms with Crippen LogP contribution in [0.1, 0.15) is 29.1 Å². The van der Waals surface area contributed by atoms with E-state index in [-0.39, 0.29) is 5.82 Å². The highest BCUT2D eigenvalue weighted by atomic mass is 19.1. The molecule has 1 atom stereocenters. The van der Waals surface area contributed by atoms with Crippen molar-refractivity contribution in [1.29, 1.82) is 0 Å². The first kappa shape index (κ1) is 18.4. The van der Waals surface area contributed by atoms with Gasteiger partial charge in [-0.15, -0.1) is 0 Å². The number of aromatic nitrogens is 4. The number of ether oxygens (including phenoxy) is 1. The highest BCUT2D eigenvalue weighted by Gasteiger charge is 2.19. The minimum Gasteiger partial charge on any atom is -0.480 e. The van der Waals surface area contributed by atoms with Crippen molar-refractivity contribution in [3.8, 4) is 11.4 Å². The molecular formula is C20H17FN6O2. The highest BCUT2D eigenvalue weighted by molar-refractivity contribution is 5.97. The zero-order valence-electron chi connectivity index (χ0n) is 15.4. The maximum Gasteiger partial charge on any atom is 0.248 e. The second-order valence-electron chi connectivity index (χ2n) is 6.41. The Kier molecular flexibility index (Phi) is 4.55. The average molecular weight is 392 g/mol. The van der Waals surface area contributed by atoms with Gasteiger partial charge in [0.1, 0.15) is 17.6 Å². The molecule has 4 aromatic rings. The Bertz CT molecular complexity index is 1210. The van der Waals surface area contributed by atoms with Gasteiger partial charge in [-0.05, 0) is 37.3 Å². The summed E-state index contributed by atoms with van der Waals surface area (Å²) in [5, 5.41) is 4.79. The zero-order chi connectivity index (χ0) is 20.5. The molecule has 0 aliphatic carbocycles. The Morgan fingerprint density at radius 1 is 1.28 bits per heavy atom. The van der Waals surface area contributed by atoms with Gasteiger partial charge in [-0.3, -0.25) is 9.78 Å². The minimum atomic E-state index is -0.587. The van der Waals surface area contributed by atoms with Gasteiger partial charge in [0, 0.05) is 29.4 Å². The number of nitrogens with two attached hydrogens (primary N) is 2. The van der Waals surface area contributed by atoms with Gasteiger partial charge < -0.3 is 16.2 Å². The van der Waals surface area contributed by atoms with Gasteiger partial charge in [0.25, 0.3) is 0 Å². The summed E-state index contributed by atoms with van der Waals surface area (Å²) in [5.74, 6) is -0.542. The number of carbonyl (C=O) groups excluding carboxylic acids is 1. The van der Waals surface area contributed by atoms with Gasteiger partial charge in [0.2, 0.25) is 5.91 Å². The molecule has 1 amide bonds. The van der Waals surface area contributed by atoms with Gasteiger partial charge in [0.05, 0.1) is 17.4 Å². The Morgan fingerprint density at radius 2 is 2.10 bits per heavy atom. The molecule has 4 N–H and O–H groups in total. The van der Waals surface area contributed by atoms with Crippen LogP contribution in [-0.4, -0.2) is 25.7 Å². The molecule has 0 fully saturated rings. The summed E-state index contributed by atoms with van der Waals surface area (Å²) in [4.78, 5) is 19.9. The molecule has 0 saturated heterocycles. The van der Waals surface area contributed by atoms with Crippen LogP contribution in [0.15, 0.2) is 55.0 Å². The summed E-state index contributed by atoms with van der Waals surface area (Å²) in [5.41, 5.74) is 13.3. The molecule has 3 heterocycles. The standard InChI is InChI=1S/C20H17FN6O2/c1-11(18-16(9-14(21)10-24-18)27-6-2-5-25-27)29-17-8-13-7-12(20(23)28)3-4-15(13)26-19(17)22/h2-11H,1H3,(H2,22,26)(H2,23,28)/t11-/m0/s1. The lowest BCUT2D eigenvalue weighted by Gasteiger charge is -2.18. The lowest BCUT2D eigenvalue weighted by atomic mass is 10.1. The van der Waals surface area contributed by atoms with Crippen LogP contribution in [0.4, 0.5) is 10.2 Å². The second kappa shape index (κ2) is 7.19. The first-order valence-electron chi connectivity index (χ1n) is 8.74. The fraction of sp³-hybridized carbons (Fsp3) is 0.100. The Hall–Kier alpha value is -4.01. The van der Waals surface area contributed by atoms with Crippen molar-refractivity contribution >= 4 is 22.6 Å². The van der Waals surface area contributed by atoms with Crippen LogP contribution < -0.4 is 16.2 Å². The summed E-state index contributed by atoms with van der Waals surface area (Å²) in [6.45, 7) is 1.76. The Labute approximate surface area is 164 Å². The first-order valence-corrected chi connectivity index (χ1v) is 8.74. The number of benzene rings is 1. The summed E-state index contributed by atoms with van der Waals surface area (Å²) in [6.07, 6.45) is 3.80. The molecule has 0 radical (unpaired) electrons. The molecule has 29 heavy (non-hydrogen) atoms. The molecule has 9 heteroatoms. The van der Waals surface area contributed by atoms with Crippen LogP contribution in [0.3, 0.4) is 0 Å². The fourth-order valence-corrected chi connectivity index (χ4v) is 3.01. The molecule has 0 bridgehead atoms. The zero-order valence-corrected chi connectivity index (χ0v) is 15.4. The van der Waals surface area contributed by atoms with Crippen molar-refractivity contribution in [2.75, 3.05) is 5.73 Å². The third-order valence-corrected chi connectivity index (χ3v) is 4.40. The number of hydrogen-bond donors (Lipinski definition) is 2. The number of hydrogen-bond acceptors (Lipinski definition) is 6. The van der Waals surface area contributed by atoms with Gasteiger partial charge in [-0.1, -0.05) is 0 Å². The van der Waals surface area contributed by atoms with Crippen LogP contribution in [0.2, 0.25) is 0 Å². The number of fused-ring (bicyclic) bond motifs is 1. The molecule has 0 spiro atoms. The van der Waals surface area contributed by atoms with Crippen molar-refractivity contribution < 1.29 is 13.9 Å². The van der Waals surface area contributed by atoms with Crippen LogP contribution in [0.5, 0.6) is 5.75 Å². The monoisotopic (exact) mass is 392 g/mol. The molecular weight excluding hydrogens is 375 g/mol. The van der Waals surface area contributed by atoms with E-state index in [9.17, 15) is 9.18 Å². The number of anilines is 1. The van der Waals surface area contributed by atoms with Crippen molar-refractivity contribution in [2.24, 2.45) is 5.73 Å². The lowest BCUT2D eigenvalue weighted by molar-refractivity contribution is 0.100. The van der Waals surface area contributed by atoms with Crippen molar-refractivity contribution in [1.82, 2.24) is 19.7 Å². The van der Waals surface area contributed by atoms with E-state index < -0.39 is 17.8 Å². The smallest absolute Gasteiger partial charge is 0.248 e. The number of rotatable bonds is 5. The number of amides is 1. The maximum absolute atomic E-state index is 13.8. The van der Waals surface area contributed by atoms with E-state index in [0.717, 1.165) is 6.20 Å². The topological polar surface area (TPSA) is 122 Å². The fourth-order valence-electron chi connectivity index (χ4n) is 3.01. The normalized spacial score (nSPS) is 12.1. The summed E-state index contributed by atoms with van der Waals surface area (Å²) < 4.78 is 21.3. The van der Waals surface area contributed by atoms with Gasteiger partial charge in [0.15, 0.2) is 11.6 Å². The van der Waals surface area contributed by atoms with Gasteiger partial charge in [-0.2, -0.15) is 5.10 Å². The Morgan fingerprint density at radius 3 is 2.83 bits per heavy atom. The van der Waals surface area contributed by atoms with E-state index in [1.807, 2.05) is 0 Å². The van der Waals surface area contributed by atoms with E-state index in [1.165, 1.54) is 10.7 Å². The van der Waals surface area contributed by atoms with Gasteiger partial charge in [-0.25, -0.2) is 14.1 Å². The number of nitrogen functional groups attached to an aromatic ring is 1. The van der Waals surface area contributed by atoms with E-state index in [2.05, 4.69) is 15.1 Å². The molecule has 0 aliphatic heterocycles. The van der Waals surface area contributed by atoms with E-state index in [4.69, 9.17) is 16.2 Å². The van der Waals surface area contributed by atoms with Crippen LogP contribution in [-0.2, 0) is 0 Å². The number of halogens is 1. The molecule has 146 valence electrons. The SMILES string of the molecule is C[C@H](Oc1cc2cc(C(N)=O)ccc2nc1N)c1ncc(F)cc1-n1cccn1. The molecule has 0 unspecified atom stereocenters. The number of carbonyl (C=O) groups is 1. The number of pyridine rings is 2. The average Bonchev–Trinajstić information content (AvgIpc) is 3.22. The predicted molar refractivity (Wildman–Crippen MR) is 105 cm³/mol. The largest absolute Gasteiger partial charge is 0.480 e. The highest BCUT2D eigenvalue weighted by Crippen LogP contribution is 2.31. The molecule has 0 saturated carbocycles. The lowest BCUT2D eigenvalue weighted by Crippen LogP contribution is -2.13. The van der Waals surface area contributed by atoms with Crippen molar-refractivity contribution in [3.05, 3.63) is 72.1 Å². The van der Waals surface area contributed by atoms with E-state index >= 15 is 0 Å². The number of nitrogens with zero attached hydrogens (tertiary/aromatic N) is 4. The maximum atomic E-state index is 13.8. The van der Waals surface area contributed by atoms with E-state index in [0.29, 0.717) is 33.6 Å². The van der Waals surface area contributed by atoms with Crippen LogP contribution >= 0.6 is 0 Å². The molecule has 0 aliphatic rings. The van der Waals surface area contributed by atoms with Crippen LogP contribution in [0, 0.1) is 5.82 Å². The quantitative estimate of drug-likeness (QED) is 0.538. The van der Waals surface area contributed by atoms with E-state index in [1.54, 1.807) is 49.6 Å². The first-order chi connectivity index (χ1) is 13.9. The molecule has 8 nitrogen and oxygen atoms in total. The summed E-state index contributed by atoms with van der Waals surface area (Å²) in [6, 6.07) is 9.60. The van der Waals surface area contributed by atoms with Gasteiger partial charge >= 0.3 is 0 Å². The van der Waals surface area contributed by atoms with Crippen molar-refractivity contribution in [3.63, 3.8) is 0 Å². The number of primary amides is 1.